The van der Waals surface area contributed by atoms with Gasteiger partial charge in [0, 0.05) is 44.4 Å². The van der Waals surface area contributed by atoms with Crippen LogP contribution >= 0.6 is 0 Å². The lowest BCUT2D eigenvalue weighted by Crippen LogP contribution is -2.24. The SMILES string of the molecule is Cc1cc(-c2cnc(N(C)C)nc2-c2ccc(CNC(=O)[C@H]3C[C@@H]3C)cc2)on1. The molecule has 1 aliphatic rings. The zero-order valence-corrected chi connectivity index (χ0v) is 17.1. The predicted molar refractivity (Wildman–Crippen MR) is 111 cm³/mol. The highest BCUT2D eigenvalue weighted by Gasteiger charge is 2.38. The van der Waals surface area contributed by atoms with E-state index in [-0.39, 0.29) is 11.8 Å². The fraction of sp³-hybridized carbons (Fsp3) is 0.364. The van der Waals surface area contributed by atoms with Gasteiger partial charge in [-0.3, -0.25) is 4.79 Å². The number of rotatable bonds is 6. The van der Waals surface area contributed by atoms with Crippen molar-refractivity contribution in [1.82, 2.24) is 20.4 Å². The molecule has 1 N–H and O–H groups in total. The lowest BCUT2D eigenvalue weighted by Gasteiger charge is -2.14. The van der Waals surface area contributed by atoms with E-state index in [0.29, 0.717) is 24.2 Å². The van der Waals surface area contributed by atoms with Crippen molar-refractivity contribution in [2.24, 2.45) is 11.8 Å². The summed E-state index contributed by atoms with van der Waals surface area (Å²) >= 11 is 0. The van der Waals surface area contributed by atoms with Crippen LogP contribution in [0.2, 0.25) is 0 Å². The Morgan fingerprint density at radius 2 is 2.00 bits per heavy atom. The summed E-state index contributed by atoms with van der Waals surface area (Å²) in [7, 11) is 3.81. The maximum atomic E-state index is 12.0. The minimum atomic E-state index is 0.149. The number of hydrogen-bond donors (Lipinski definition) is 1. The molecule has 3 aromatic rings. The topological polar surface area (TPSA) is 84.2 Å². The quantitative estimate of drug-likeness (QED) is 0.693. The normalized spacial score (nSPS) is 17.8. The molecule has 2 aromatic heterocycles. The number of nitrogens with zero attached hydrogens (tertiary/aromatic N) is 4. The Morgan fingerprint density at radius 1 is 1.28 bits per heavy atom. The van der Waals surface area contributed by atoms with E-state index in [0.717, 1.165) is 34.5 Å². The highest BCUT2D eigenvalue weighted by Crippen LogP contribution is 2.37. The molecule has 2 heterocycles. The molecule has 150 valence electrons. The molecule has 7 heteroatoms. The molecular formula is C22H25N5O2. The van der Waals surface area contributed by atoms with Crippen molar-refractivity contribution in [3.63, 3.8) is 0 Å². The van der Waals surface area contributed by atoms with E-state index < -0.39 is 0 Å². The summed E-state index contributed by atoms with van der Waals surface area (Å²) in [6.07, 6.45) is 2.76. The van der Waals surface area contributed by atoms with Gasteiger partial charge >= 0.3 is 0 Å². The average molecular weight is 391 g/mol. The summed E-state index contributed by atoms with van der Waals surface area (Å²) in [6, 6.07) is 9.92. The number of nitrogens with one attached hydrogen (secondary N) is 1. The number of benzene rings is 1. The Balaban J connectivity index is 1.59. The largest absolute Gasteiger partial charge is 0.356 e. The summed E-state index contributed by atoms with van der Waals surface area (Å²) in [5.41, 5.74) is 4.38. The Labute approximate surface area is 170 Å². The van der Waals surface area contributed by atoms with Gasteiger partial charge in [0.2, 0.25) is 11.9 Å². The molecule has 0 aliphatic heterocycles. The lowest BCUT2D eigenvalue weighted by molar-refractivity contribution is -0.122. The maximum absolute atomic E-state index is 12.0. The van der Waals surface area contributed by atoms with E-state index in [4.69, 9.17) is 9.51 Å². The summed E-state index contributed by atoms with van der Waals surface area (Å²) in [4.78, 5) is 23.0. The van der Waals surface area contributed by atoms with E-state index in [9.17, 15) is 4.79 Å². The first-order chi connectivity index (χ1) is 13.9. The van der Waals surface area contributed by atoms with Crippen molar-refractivity contribution in [3.05, 3.63) is 47.8 Å². The molecule has 29 heavy (non-hydrogen) atoms. The lowest BCUT2D eigenvalue weighted by atomic mass is 10.0. The second kappa shape index (κ2) is 7.66. The molecule has 1 saturated carbocycles. The van der Waals surface area contributed by atoms with Crippen LogP contribution < -0.4 is 10.2 Å². The number of anilines is 1. The molecule has 1 fully saturated rings. The van der Waals surface area contributed by atoms with Gasteiger partial charge < -0.3 is 14.7 Å². The number of aryl methyl sites for hydroxylation is 1. The van der Waals surface area contributed by atoms with Crippen LogP contribution in [-0.2, 0) is 11.3 Å². The highest BCUT2D eigenvalue weighted by molar-refractivity contribution is 5.81. The van der Waals surface area contributed by atoms with Crippen LogP contribution in [0.5, 0.6) is 0 Å². The van der Waals surface area contributed by atoms with E-state index in [2.05, 4.69) is 22.4 Å². The van der Waals surface area contributed by atoms with Crippen LogP contribution in [0.3, 0.4) is 0 Å². The van der Waals surface area contributed by atoms with Gasteiger partial charge in [-0.25, -0.2) is 9.97 Å². The molecule has 4 rings (SSSR count). The third-order valence-corrected chi connectivity index (χ3v) is 5.21. The first kappa shape index (κ1) is 19.1. The average Bonchev–Trinajstić information content (AvgIpc) is 3.30. The second-order valence-electron chi connectivity index (χ2n) is 7.89. The zero-order chi connectivity index (χ0) is 20.5. The van der Waals surface area contributed by atoms with E-state index >= 15 is 0 Å². The fourth-order valence-electron chi connectivity index (χ4n) is 3.27. The molecule has 1 amide bonds. The van der Waals surface area contributed by atoms with Crippen LogP contribution in [-0.4, -0.2) is 35.1 Å². The van der Waals surface area contributed by atoms with E-state index in [1.54, 1.807) is 6.20 Å². The first-order valence-corrected chi connectivity index (χ1v) is 9.77. The summed E-state index contributed by atoms with van der Waals surface area (Å²) in [6.45, 7) is 4.52. The highest BCUT2D eigenvalue weighted by atomic mass is 16.5. The van der Waals surface area contributed by atoms with Crippen molar-refractivity contribution in [1.29, 1.82) is 0 Å². The van der Waals surface area contributed by atoms with Crippen LogP contribution in [0.4, 0.5) is 5.95 Å². The monoisotopic (exact) mass is 391 g/mol. The van der Waals surface area contributed by atoms with E-state index in [1.807, 2.05) is 56.3 Å². The first-order valence-electron chi connectivity index (χ1n) is 9.77. The van der Waals surface area contributed by atoms with Crippen molar-refractivity contribution in [2.45, 2.75) is 26.8 Å². The van der Waals surface area contributed by atoms with Gasteiger partial charge in [0.05, 0.1) is 17.0 Å². The number of amides is 1. The fourth-order valence-corrected chi connectivity index (χ4v) is 3.27. The van der Waals surface area contributed by atoms with Crippen LogP contribution in [0.25, 0.3) is 22.6 Å². The van der Waals surface area contributed by atoms with Gasteiger partial charge in [0.15, 0.2) is 5.76 Å². The zero-order valence-electron chi connectivity index (χ0n) is 17.1. The Bertz CT molecular complexity index is 1030. The van der Waals surface area contributed by atoms with Gasteiger partial charge in [-0.1, -0.05) is 36.3 Å². The standard InChI is InChI=1S/C22H25N5O2/c1-13-9-17(13)21(28)23-11-15-5-7-16(8-6-15)20-18(19-10-14(2)26-29-19)12-24-22(25-20)27(3)4/h5-8,10,12-13,17H,9,11H2,1-4H3,(H,23,28)/t13-,17-/m0/s1. The minimum absolute atomic E-state index is 0.149. The number of carbonyl (C=O) groups is 1. The van der Waals surface area contributed by atoms with Crippen molar-refractivity contribution >= 4 is 11.9 Å². The Morgan fingerprint density at radius 3 is 2.59 bits per heavy atom. The predicted octanol–water partition coefficient (Wildman–Crippen LogP) is 3.45. The Hall–Kier alpha value is -3.22. The maximum Gasteiger partial charge on any atom is 0.225 e. The van der Waals surface area contributed by atoms with Gasteiger partial charge in [0.1, 0.15) is 0 Å². The molecule has 0 radical (unpaired) electrons. The van der Waals surface area contributed by atoms with Crippen molar-refractivity contribution in [3.8, 4) is 22.6 Å². The summed E-state index contributed by atoms with van der Waals surface area (Å²) in [5, 5.41) is 7.00. The summed E-state index contributed by atoms with van der Waals surface area (Å²) in [5.74, 6) is 2.11. The molecule has 0 spiro atoms. The van der Waals surface area contributed by atoms with Crippen molar-refractivity contribution < 1.29 is 9.32 Å². The van der Waals surface area contributed by atoms with E-state index in [1.165, 1.54) is 0 Å². The van der Waals surface area contributed by atoms with Gasteiger partial charge in [-0.15, -0.1) is 0 Å². The molecule has 1 aromatic carbocycles. The van der Waals surface area contributed by atoms with Gasteiger partial charge in [-0.2, -0.15) is 0 Å². The van der Waals surface area contributed by atoms with Gasteiger partial charge in [-0.05, 0) is 24.8 Å². The van der Waals surface area contributed by atoms with Crippen molar-refractivity contribution in [2.75, 3.05) is 19.0 Å². The Kier molecular flexibility index (Phi) is 5.05. The third kappa shape index (κ3) is 4.13. The molecular weight excluding hydrogens is 366 g/mol. The summed E-state index contributed by atoms with van der Waals surface area (Å²) < 4.78 is 5.45. The molecule has 1 aliphatic carbocycles. The molecule has 0 bridgehead atoms. The number of carbonyl (C=O) groups excluding carboxylic acids is 1. The molecule has 0 unspecified atom stereocenters. The van der Waals surface area contributed by atoms with Crippen LogP contribution in [0.15, 0.2) is 41.1 Å². The van der Waals surface area contributed by atoms with Gasteiger partial charge in [0.25, 0.3) is 0 Å². The molecule has 2 atom stereocenters. The van der Waals surface area contributed by atoms with Crippen LogP contribution in [0.1, 0.15) is 24.6 Å². The number of hydrogen-bond acceptors (Lipinski definition) is 6. The smallest absolute Gasteiger partial charge is 0.225 e. The number of aromatic nitrogens is 3. The third-order valence-electron chi connectivity index (χ3n) is 5.21. The minimum Gasteiger partial charge on any atom is -0.356 e. The van der Waals surface area contributed by atoms with Crippen LogP contribution in [0, 0.1) is 18.8 Å². The molecule has 7 nitrogen and oxygen atoms in total. The second-order valence-corrected chi connectivity index (χ2v) is 7.89. The molecule has 0 saturated heterocycles.